The van der Waals surface area contributed by atoms with Crippen molar-refractivity contribution in [2.75, 3.05) is 43.1 Å². The molecule has 98 valence electrons. The van der Waals surface area contributed by atoms with E-state index in [0.717, 1.165) is 18.9 Å². The van der Waals surface area contributed by atoms with E-state index in [1.165, 1.54) is 0 Å². The molecular weight excluding hydrogens is 236 g/mol. The molecule has 0 atom stereocenters. The van der Waals surface area contributed by atoms with Crippen molar-refractivity contribution >= 4 is 17.7 Å². The molecule has 0 aliphatic carbocycles. The minimum atomic E-state index is -0.522. The molecule has 0 bridgehead atoms. The molecule has 0 unspecified atom stereocenters. The van der Waals surface area contributed by atoms with Crippen molar-refractivity contribution in [1.29, 1.82) is 0 Å². The number of aromatic nitrogens is 2. The summed E-state index contributed by atoms with van der Waals surface area (Å²) in [5, 5.41) is 10.5. The molecule has 7 nitrogen and oxygen atoms in total. The van der Waals surface area contributed by atoms with Gasteiger partial charge in [0.1, 0.15) is 0 Å². The highest BCUT2D eigenvalue weighted by Crippen LogP contribution is 2.13. The number of nitrogens with zero attached hydrogens (tertiary/aromatic N) is 3. The van der Waals surface area contributed by atoms with Gasteiger partial charge in [-0.05, 0) is 19.1 Å². The summed E-state index contributed by atoms with van der Waals surface area (Å²) < 4.78 is 10.0. The van der Waals surface area contributed by atoms with Crippen molar-refractivity contribution in [2.24, 2.45) is 0 Å². The van der Waals surface area contributed by atoms with Gasteiger partial charge in [0.05, 0.1) is 19.8 Å². The van der Waals surface area contributed by atoms with Crippen molar-refractivity contribution in [3.63, 3.8) is 0 Å². The molecule has 2 rings (SSSR count). The Kier molecular flexibility index (Phi) is 4.30. The van der Waals surface area contributed by atoms with Crippen LogP contribution in [-0.2, 0) is 9.47 Å². The number of ether oxygens (including phenoxy) is 2. The van der Waals surface area contributed by atoms with Crippen LogP contribution in [0.1, 0.15) is 6.92 Å². The van der Waals surface area contributed by atoms with Crippen LogP contribution in [0, 0.1) is 0 Å². The van der Waals surface area contributed by atoms with Crippen LogP contribution in [-0.4, -0.2) is 49.2 Å². The van der Waals surface area contributed by atoms with Crippen LogP contribution in [0.4, 0.5) is 16.4 Å². The molecule has 1 aliphatic heterocycles. The van der Waals surface area contributed by atoms with Crippen LogP contribution < -0.4 is 10.2 Å². The van der Waals surface area contributed by atoms with Crippen molar-refractivity contribution < 1.29 is 14.3 Å². The number of carbonyl (C=O) groups excluding carboxylic acids is 1. The number of amides is 1. The monoisotopic (exact) mass is 252 g/mol. The van der Waals surface area contributed by atoms with Gasteiger partial charge in [0.25, 0.3) is 0 Å². The van der Waals surface area contributed by atoms with Gasteiger partial charge in [-0.3, -0.25) is 5.32 Å². The third-order valence-corrected chi connectivity index (χ3v) is 2.49. The molecule has 1 fully saturated rings. The number of carbonyl (C=O) groups is 1. The Bertz CT molecular complexity index is 390. The number of anilines is 2. The highest BCUT2D eigenvalue weighted by molar-refractivity contribution is 5.83. The van der Waals surface area contributed by atoms with Crippen LogP contribution in [0.2, 0.25) is 0 Å². The van der Waals surface area contributed by atoms with Crippen LogP contribution in [0.15, 0.2) is 12.1 Å². The fourth-order valence-electron chi connectivity index (χ4n) is 1.62. The number of morpholine rings is 1. The second kappa shape index (κ2) is 6.15. The first-order valence-corrected chi connectivity index (χ1v) is 5.90. The highest BCUT2D eigenvalue weighted by Gasteiger charge is 2.13. The Morgan fingerprint density at radius 1 is 1.44 bits per heavy atom. The molecule has 0 spiro atoms. The summed E-state index contributed by atoms with van der Waals surface area (Å²) in [5.74, 6) is 1.16. The topological polar surface area (TPSA) is 76.6 Å². The van der Waals surface area contributed by atoms with Crippen molar-refractivity contribution in [1.82, 2.24) is 10.2 Å². The quantitative estimate of drug-likeness (QED) is 0.860. The van der Waals surface area contributed by atoms with Gasteiger partial charge >= 0.3 is 6.09 Å². The Labute approximate surface area is 105 Å². The van der Waals surface area contributed by atoms with E-state index in [1.807, 2.05) is 6.07 Å². The van der Waals surface area contributed by atoms with Crippen LogP contribution in [0.5, 0.6) is 0 Å². The first-order valence-electron chi connectivity index (χ1n) is 5.90. The zero-order valence-electron chi connectivity index (χ0n) is 10.3. The SMILES string of the molecule is CCOC(=O)Nc1ccc(N2CCOCC2)nn1. The molecule has 0 saturated carbocycles. The van der Waals surface area contributed by atoms with Crippen molar-refractivity contribution in [2.45, 2.75) is 6.92 Å². The van der Waals surface area contributed by atoms with Crippen molar-refractivity contribution in [3.05, 3.63) is 12.1 Å². The average molecular weight is 252 g/mol. The predicted molar refractivity (Wildman–Crippen MR) is 65.7 cm³/mol. The molecule has 1 saturated heterocycles. The minimum absolute atomic E-state index is 0.325. The number of nitrogens with one attached hydrogen (secondary N) is 1. The molecule has 7 heteroatoms. The molecule has 1 aromatic rings. The molecule has 1 aromatic heterocycles. The summed E-state index contributed by atoms with van der Waals surface area (Å²) in [6.45, 7) is 5.07. The number of rotatable bonds is 3. The van der Waals surface area contributed by atoms with E-state index in [1.54, 1.807) is 13.0 Å². The lowest BCUT2D eigenvalue weighted by molar-refractivity contribution is 0.122. The van der Waals surface area contributed by atoms with E-state index >= 15 is 0 Å². The maximum Gasteiger partial charge on any atom is 0.412 e. The Balaban J connectivity index is 1.94. The van der Waals surface area contributed by atoms with Gasteiger partial charge in [-0.25, -0.2) is 4.79 Å². The lowest BCUT2D eigenvalue weighted by atomic mass is 10.4. The maximum absolute atomic E-state index is 11.2. The zero-order valence-corrected chi connectivity index (χ0v) is 10.3. The smallest absolute Gasteiger partial charge is 0.412 e. The zero-order chi connectivity index (χ0) is 12.8. The lowest BCUT2D eigenvalue weighted by Gasteiger charge is -2.27. The summed E-state index contributed by atoms with van der Waals surface area (Å²) >= 11 is 0. The van der Waals surface area contributed by atoms with Gasteiger partial charge in [0.2, 0.25) is 0 Å². The molecule has 18 heavy (non-hydrogen) atoms. The largest absolute Gasteiger partial charge is 0.450 e. The predicted octanol–water partition coefficient (Wildman–Crippen LogP) is 0.882. The van der Waals surface area contributed by atoms with E-state index in [-0.39, 0.29) is 0 Å². The fraction of sp³-hybridized carbons (Fsp3) is 0.545. The third-order valence-electron chi connectivity index (χ3n) is 2.49. The summed E-state index contributed by atoms with van der Waals surface area (Å²) in [6, 6.07) is 3.52. The van der Waals surface area contributed by atoms with Gasteiger partial charge in [0.15, 0.2) is 11.6 Å². The maximum atomic E-state index is 11.2. The van der Waals surface area contributed by atoms with Gasteiger partial charge in [-0.2, -0.15) is 0 Å². The van der Waals surface area contributed by atoms with Crippen molar-refractivity contribution in [3.8, 4) is 0 Å². The lowest BCUT2D eigenvalue weighted by Crippen LogP contribution is -2.36. The Morgan fingerprint density at radius 3 is 2.83 bits per heavy atom. The first-order chi connectivity index (χ1) is 8.79. The van der Waals surface area contributed by atoms with Crippen LogP contribution in [0.25, 0.3) is 0 Å². The molecule has 1 amide bonds. The molecular formula is C11H16N4O3. The van der Waals surface area contributed by atoms with E-state index in [0.29, 0.717) is 25.6 Å². The van der Waals surface area contributed by atoms with E-state index in [9.17, 15) is 4.79 Å². The van der Waals surface area contributed by atoms with Crippen LogP contribution >= 0.6 is 0 Å². The Morgan fingerprint density at radius 2 is 2.22 bits per heavy atom. The molecule has 0 aromatic carbocycles. The van der Waals surface area contributed by atoms with E-state index in [4.69, 9.17) is 9.47 Å². The first kappa shape index (κ1) is 12.6. The van der Waals surface area contributed by atoms with Crippen LogP contribution in [0.3, 0.4) is 0 Å². The number of hydrogen-bond donors (Lipinski definition) is 1. The molecule has 1 N–H and O–H groups in total. The molecule has 1 aliphatic rings. The summed E-state index contributed by atoms with van der Waals surface area (Å²) in [7, 11) is 0. The second-order valence-corrected chi connectivity index (χ2v) is 3.72. The number of hydrogen-bond acceptors (Lipinski definition) is 6. The van der Waals surface area contributed by atoms with Gasteiger partial charge in [-0.1, -0.05) is 0 Å². The minimum Gasteiger partial charge on any atom is -0.450 e. The van der Waals surface area contributed by atoms with Gasteiger partial charge < -0.3 is 14.4 Å². The summed E-state index contributed by atoms with van der Waals surface area (Å²) in [5.41, 5.74) is 0. The standard InChI is InChI=1S/C11H16N4O3/c1-2-18-11(16)12-9-3-4-10(14-13-9)15-5-7-17-8-6-15/h3-4H,2,5-8H2,1H3,(H,12,13,16). The average Bonchev–Trinajstić information content (AvgIpc) is 2.41. The summed E-state index contributed by atoms with van der Waals surface area (Å²) in [6.07, 6.45) is -0.522. The second-order valence-electron chi connectivity index (χ2n) is 3.72. The van der Waals surface area contributed by atoms with E-state index in [2.05, 4.69) is 20.4 Å². The fourth-order valence-corrected chi connectivity index (χ4v) is 1.62. The normalized spacial score (nSPS) is 15.3. The third kappa shape index (κ3) is 3.30. The highest BCUT2D eigenvalue weighted by atomic mass is 16.5. The molecule has 0 radical (unpaired) electrons. The van der Waals surface area contributed by atoms with Gasteiger partial charge in [-0.15, -0.1) is 10.2 Å². The van der Waals surface area contributed by atoms with Gasteiger partial charge in [0, 0.05) is 13.1 Å². The summed E-state index contributed by atoms with van der Waals surface area (Å²) in [4.78, 5) is 13.3. The molecule has 2 heterocycles. The Hall–Kier alpha value is -1.89. The van der Waals surface area contributed by atoms with E-state index < -0.39 is 6.09 Å².